The Morgan fingerprint density at radius 3 is 2.42 bits per heavy atom. The molecular weight excluding hydrogens is 264 g/mol. The summed E-state index contributed by atoms with van der Waals surface area (Å²) in [7, 11) is 1.51. The summed E-state index contributed by atoms with van der Waals surface area (Å²) in [4.78, 5) is 28.3. The van der Waals surface area contributed by atoms with Gasteiger partial charge in [0.15, 0.2) is 0 Å². The number of piperazine rings is 1. The average molecular weight is 282 g/mol. The second-order valence-electron chi connectivity index (χ2n) is 4.54. The monoisotopic (exact) mass is 282 g/mol. The van der Waals surface area contributed by atoms with Gasteiger partial charge in [0.1, 0.15) is 6.61 Å². The second kappa shape index (κ2) is 6.16. The third-order valence-electron chi connectivity index (χ3n) is 3.24. The molecule has 1 aromatic heterocycles. The Bertz CT molecular complexity index is 464. The molecule has 0 N–H and O–H groups in total. The van der Waals surface area contributed by atoms with Gasteiger partial charge >= 0.3 is 0 Å². The van der Waals surface area contributed by atoms with Crippen molar-refractivity contribution >= 4 is 23.2 Å². The number of nitrogens with zero attached hydrogens (tertiary/aromatic N) is 2. The summed E-state index contributed by atoms with van der Waals surface area (Å²) in [5.74, 6) is 0.0632. The number of carbonyl (C=O) groups excluding carboxylic acids is 2. The summed E-state index contributed by atoms with van der Waals surface area (Å²) in [5, 5.41) is 1.93. The lowest BCUT2D eigenvalue weighted by Crippen LogP contribution is -2.51. The topological polar surface area (TPSA) is 49.9 Å². The minimum absolute atomic E-state index is 0.0121. The Kier molecular flexibility index (Phi) is 4.55. The van der Waals surface area contributed by atoms with E-state index in [9.17, 15) is 9.59 Å². The minimum Gasteiger partial charge on any atom is -0.375 e. The standard InChI is InChI=1S/C13H18N2O3S/c1-10-3-8-19-12(10)13(17)15-6-4-14(5-7-15)11(16)9-18-2/h3,8H,4-7,9H2,1-2H3. The molecule has 0 atom stereocenters. The summed E-state index contributed by atoms with van der Waals surface area (Å²) < 4.78 is 4.84. The number of thiophene rings is 1. The van der Waals surface area contributed by atoms with E-state index in [2.05, 4.69) is 0 Å². The highest BCUT2D eigenvalue weighted by molar-refractivity contribution is 7.12. The highest BCUT2D eigenvalue weighted by Gasteiger charge is 2.25. The van der Waals surface area contributed by atoms with Crippen molar-refractivity contribution in [2.75, 3.05) is 39.9 Å². The molecule has 2 rings (SSSR count). The van der Waals surface area contributed by atoms with Crippen molar-refractivity contribution in [3.05, 3.63) is 21.9 Å². The number of hydrogen-bond donors (Lipinski definition) is 0. The van der Waals surface area contributed by atoms with Crippen LogP contribution in [0, 0.1) is 6.92 Å². The lowest BCUT2D eigenvalue weighted by atomic mass is 10.2. The van der Waals surface area contributed by atoms with Crippen molar-refractivity contribution in [2.24, 2.45) is 0 Å². The maximum absolute atomic E-state index is 12.3. The van der Waals surface area contributed by atoms with Crippen molar-refractivity contribution in [3.8, 4) is 0 Å². The SMILES string of the molecule is COCC(=O)N1CCN(C(=O)c2sccc2C)CC1. The summed E-state index contributed by atoms with van der Waals surface area (Å²) in [6.07, 6.45) is 0. The van der Waals surface area contributed by atoms with Gasteiger partial charge in [-0.25, -0.2) is 0 Å². The molecule has 2 amide bonds. The van der Waals surface area contributed by atoms with Crippen LogP contribution in [0.4, 0.5) is 0 Å². The molecule has 5 nitrogen and oxygen atoms in total. The molecule has 0 saturated carbocycles. The van der Waals surface area contributed by atoms with Gasteiger partial charge < -0.3 is 14.5 Å². The van der Waals surface area contributed by atoms with E-state index in [1.807, 2.05) is 23.3 Å². The van der Waals surface area contributed by atoms with E-state index in [1.54, 1.807) is 4.90 Å². The zero-order chi connectivity index (χ0) is 13.8. The Morgan fingerprint density at radius 1 is 1.26 bits per heavy atom. The van der Waals surface area contributed by atoms with Gasteiger partial charge in [-0.2, -0.15) is 0 Å². The molecule has 1 aromatic rings. The predicted octanol–water partition coefficient (Wildman–Crippen LogP) is 0.987. The first-order chi connectivity index (χ1) is 9.13. The minimum atomic E-state index is -0.0121. The molecule has 2 heterocycles. The van der Waals surface area contributed by atoms with Gasteiger partial charge in [0.25, 0.3) is 5.91 Å². The smallest absolute Gasteiger partial charge is 0.264 e. The van der Waals surface area contributed by atoms with Crippen LogP contribution in [-0.2, 0) is 9.53 Å². The molecule has 1 saturated heterocycles. The molecule has 0 bridgehead atoms. The van der Waals surface area contributed by atoms with Gasteiger partial charge in [-0.3, -0.25) is 9.59 Å². The Labute approximate surface area is 116 Å². The quantitative estimate of drug-likeness (QED) is 0.830. The summed E-state index contributed by atoms with van der Waals surface area (Å²) >= 11 is 1.47. The Morgan fingerprint density at radius 2 is 1.89 bits per heavy atom. The lowest BCUT2D eigenvalue weighted by molar-refractivity contribution is -0.136. The van der Waals surface area contributed by atoms with Gasteiger partial charge in [-0.1, -0.05) is 0 Å². The fraction of sp³-hybridized carbons (Fsp3) is 0.538. The third-order valence-corrected chi connectivity index (χ3v) is 4.25. The van der Waals surface area contributed by atoms with Crippen molar-refractivity contribution in [3.63, 3.8) is 0 Å². The fourth-order valence-electron chi connectivity index (χ4n) is 2.11. The number of rotatable bonds is 3. The summed E-state index contributed by atoms with van der Waals surface area (Å²) in [6.45, 7) is 4.40. The van der Waals surface area contributed by atoms with E-state index in [4.69, 9.17) is 4.74 Å². The molecule has 0 aromatic carbocycles. The van der Waals surface area contributed by atoms with Gasteiger partial charge in [-0.05, 0) is 23.9 Å². The van der Waals surface area contributed by atoms with E-state index in [0.29, 0.717) is 26.2 Å². The number of hydrogen-bond acceptors (Lipinski definition) is 4. The lowest BCUT2D eigenvalue weighted by Gasteiger charge is -2.34. The number of amides is 2. The van der Waals surface area contributed by atoms with Crippen LogP contribution < -0.4 is 0 Å². The Hall–Kier alpha value is -1.40. The average Bonchev–Trinajstić information content (AvgIpc) is 2.84. The van der Waals surface area contributed by atoms with Crippen molar-refractivity contribution in [1.82, 2.24) is 9.80 Å². The van der Waals surface area contributed by atoms with Gasteiger partial charge in [0.05, 0.1) is 4.88 Å². The van der Waals surface area contributed by atoms with Crippen LogP contribution in [0.1, 0.15) is 15.2 Å². The molecule has 0 aliphatic carbocycles. The van der Waals surface area contributed by atoms with E-state index >= 15 is 0 Å². The molecule has 0 spiro atoms. The molecule has 0 radical (unpaired) electrons. The first-order valence-corrected chi connectivity index (χ1v) is 7.11. The zero-order valence-corrected chi connectivity index (χ0v) is 12.0. The Balaban J connectivity index is 1.92. The molecule has 0 unspecified atom stereocenters. The van der Waals surface area contributed by atoms with Crippen LogP contribution in [0.2, 0.25) is 0 Å². The van der Waals surface area contributed by atoms with Crippen LogP contribution in [0.3, 0.4) is 0 Å². The zero-order valence-electron chi connectivity index (χ0n) is 11.2. The molecular formula is C13H18N2O3S. The van der Waals surface area contributed by atoms with Gasteiger partial charge in [-0.15, -0.1) is 11.3 Å². The first-order valence-electron chi connectivity index (χ1n) is 6.23. The number of aryl methyl sites for hydroxylation is 1. The highest BCUT2D eigenvalue weighted by atomic mass is 32.1. The van der Waals surface area contributed by atoms with E-state index < -0.39 is 0 Å². The van der Waals surface area contributed by atoms with Crippen LogP contribution in [0.15, 0.2) is 11.4 Å². The van der Waals surface area contributed by atoms with E-state index in [0.717, 1.165) is 10.4 Å². The van der Waals surface area contributed by atoms with Crippen molar-refractivity contribution in [1.29, 1.82) is 0 Å². The first kappa shape index (κ1) is 14.0. The van der Waals surface area contributed by atoms with Crippen molar-refractivity contribution < 1.29 is 14.3 Å². The second-order valence-corrected chi connectivity index (χ2v) is 5.45. The summed E-state index contributed by atoms with van der Waals surface area (Å²) in [6, 6.07) is 1.95. The maximum Gasteiger partial charge on any atom is 0.264 e. The third kappa shape index (κ3) is 3.13. The molecule has 1 aliphatic rings. The van der Waals surface area contributed by atoms with Crippen LogP contribution >= 0.6 is 11.3 Å². The predicted molar refractivity (Wildman–Crippen MR) is 73.4 cm³/mol. The largest absolute Gasteiger partial charge is 0.375 e. The number of ether oxygens (including phenoxy) is 1. The van der Waals surface area contributed by atoms with E-state index in [1.165, 1.54) is 18.4 Å². The molecule has 1 fully saturated rings. The molecule has 19 heavy (non-hydrogen) atoms. The summed E-state index contributed by atoms with van der Waals surface area (Å²) in [5.41, 5.74) is 1.02. The van der Waals surface area contributed by atoms with Crippen LogP contribution in [0.5, 0.6) is 0 Å². The maximum atomic E-state index is 12.3. The van der Waals surface area contributed by atoms with Crippen molar-refractivity contribution in [2.45, 2.75) is 6.92 Å². The molecule has 1 aliphatic heterocycles. The van der Waals surface area contributed by atoms with Crippen LogP contribution in [0.25, 0.3) is 0 Å². The molecule has 6 heteroatoms. The number of methoxy groups -OCH3 is 1. The van der Waals surface area contributed by atoms with Crippen LogP contribution in [-0.4, -0.2) is 61.5 Å². The number of carbonyl (C=O) groups is 2. The molecule has 104 valence electrons. The van der Waals surface area contributed by atoms with Gasteiger partial charge in [0, 0.05) is 33.3 Å². The van der Waals surface area contributed by atoms with Gasteiger partial charge in [0.2, 0.25) is 5.91 Å². The highest BCUT2D eigenvalue weighted by Crippen LogP contribution is 2.18. The van der Waals surface area contributed by atoms with E-state index in [-0.39, 0.29) is 18.4 Å². The normalized spacial score (nSPS) is 15.7. The fourth-order valence-corrected chi connectivity index (χ4v) is 3.00.